The first-order valence-electron chi connectivity index (χ1n) is 4.78. The molecule has 17 heavy (non-hydrogen) atoms. The summed E-state index contributed by atoms with van der Waals surface area (Å²) in [5.74, 6) is 0.518. The predicted molar refractivity (Wildman–Crippen MR) is 71.3 cm³/mol. The minimum atomic E-state index is 0.420. The fraction of sp³-hybridized carbons (Fsp3) is 0.0833. The third kappa shape index (κ3) is 2.65. The number of rotatable bonds is 2. The number of aromatic nitrogens is 1. The first-order valence-corrected chi connectivity index (χ1v) is 5.91. The predicted octanol–water partition coefficient (Wildman–Crippen LogP) is 4.72. The molecule has 0 unspecified atom stereocenters. The van der Waals surface area contributed by atoms with Gasteiger partial charge in [-0.3, -0.25) is 0 Å². The van der Waals surface area contributed by atoms with Crippen LogP contribution in [0.25, 0.3) is 11.3 Å². The zero-order valence-corrected chi connectivity index (χ0v) is 11.1. The van der Waals surface area contributed by atoms with Crippen LogP contribution in [0.15, 0.2) is 30.3 Å². The number of hydrogen-bond donors (Lipinski definition) is 0. The quantitative estimate of drug-likeness (QED) is 0.746. The van der Waals surface area contributed by atoms with Crippen molar-refractivity contribution < 1.29 is 4.74 Å². The Kier molecular flexibility index (Phi) is 3.77. The second kappa shape index (κ2) is 5.13. The van der Waals surface area contributed by atoms with Gasteiger partial charge in [0.2, 0.25) is 5.88 Å². The fourth-order valence-corrected chi connectivity index (χ4v) is 2.04. The largest absolute Gasteiger partial charge is 0.481 e. The van der Waals surface area contributed by atoms with E-state index >= 15 is 0 Å². The van der Waals surface area contributed by atoms with Crippen molar-refractivity contribution in [1.82, 2.24) is 4.98 Å². The number of pyridine rings is 1. The van der Waals surface area contributed by atoms with Crippen LogP contribution in [0.4, 0.5) is 0 Å². The molecule has 2 rings (SSSR count). The first kappa shape index (κ1) is 12.5. The van der Waals surface area contributed by atoms with Gasteiger partial charge < -0.3 is 4.74 Å². The number of nitrogens with zero attached hydrogens (tertiary/aromatic N) is 1. The van der Waals surface area contributed by atoms with E-state index < -0.39 is 0 Å². The highest BCUT2D eigenvalue weighted by Gasteiger charge is 2.09. The van der Waals surface area contributed by atoms with Gasteiger partial charge in [0.15, 0.2) is 0 Å². The van der Waals surface area contributed by atoms with E-state index in [1.165, 1.54) is 0 Å². The molecule has 1 aromatic heterocycles. The van der Waals surface area contributed by atoms with Crippen LogP contribution in [-0.4, -0.2) is 12.1 Å². The van der Waals surface area contributed by atoms with Crippen molar-refractivity contribution in [3.8, 4) is 17.1 Å². The minimum Gasteiger partial charge on any atom is -0.481 e. The molecule has 0 N–H and O–H groups in total. The lowest BCUT2D eigenvalue weighted by Crippen LogP contribution is -1.90. The van der Waals surface area contributed by atoms with Crippen molar-refractivity contribution in [1.29, 1.82) is 0 Å². The molecule has 88 valence electrons. The van der Waals surface area contributed by atoms with Crippen molar-refractivity contribution in [3.63, 3.8) is 0 Å². The summed E-state index contributed by atoms with van der Waals surface area (Å²) in [5, 5.41) is 1.36. The third-order valence-electron chi connectivity index (χ3n) is 2.22. The normalized spacial score (nSPS) is 10.4. The van der Waals surface area contributed by atoms with E-state index in [0.29, 0.717) is 26.6 Å². The van der Waals surface area contributed by atoms with Gasteiger partial charge in [-0.1, -0.05) is 40.9 Å². The Balaban J connectivity index is 2.56. The van der Waals surface area contributed by atoms with Gasteiger partial charge in [-0.05, 0) is 18.2 Å². The summed E-state index contributed by atoms with van der Waals surface area (Å²) < 4.78 is 5.06. The standard InChI is InChI=1S/C12H8Cl3NO/c1-17-12-4-2-3-11(16-12)7-5-9(14)10(15)6-8(7)13/h2-6H,1H3. The van der Waals surface area contributed by atoms with Crippen LogP contribution < -0.4 is 4.74 Å². The molecule has 2 aromatic rings. The van der Waals surface area contributed by atoms with E-state index in [2.05, 4.69) is 4.98 Å². The third-order valence-corrected chi connectivity index (χ3v) is 3.25. The van der Waals surface area contributed by atoms with Gasteiger partial charge in [-0.15, -0.1) is 0 Å². The summed E-state index contributed by atoms with van der Waals surface area (Å²) >= 11 is 17.9. The molecule has 0 saturated heterocycles. The van der Waals surface area contributed by atoms with E-state index in [4.69, 9.17) is 39.5 Å². The molecule has 0 spiro atoms. The van der Waals surface area contributed by atoms with Crippen molar-refractivity contribution in [2.45, 2.75) is 0 Å². The second-order valence-corrected chi connectivity index (χ2v) is 4.53. The lowest BCUT2D eigenvalue weighted by Gasteiger charge is -2.07. The van der Waals surface area contributed by atoms with Gasteiger partial charge in [0.05, 0.1) is 27.9 Å². The molecule has 0 atom stereocenters. The van der Waals surface area contributed by atoms with E-state index in [-0.39, 0.29) is 0 Å². The topological polar surface area (TPSA) is 22.1 Å². The molecule has 0 aliphatic heterocycles. The number of benzene rings is 1. The second-order valence-electron chi connectivity index (χ2n) is 3.31. The summed E-state index contributed by atoms with van der Waals surface area (Å²) in [6.07, 6.45) is 0. The number of methoxy groups -OCH3 is 1. The molecule has 2 nitrogen and oxygen atoms in total. The molecule has 0 fully saturated rings. The monoisotopic (exact) mass is 287 g/mol. The number of ether oxygens (including phenoxy) is 1. The Morgan fingerprint density at radius 1 is 1.00 bits per heavy atom. The highest BCUT2D eigenvalue weighted by Crippen LogP contribution is 2.34. The maximum atomic E-state index is 6.11. The maximum absolute atomic E-state index is 6.11. The van der Waals surface area contributed by atoms with Crippen LogP contribution in [0, 0.1) is 0 Å². The summed E-state index contributed by atoms with van der Waals surface area (Å²) in [6.45, 7) is 0. The summed E-state index contributed by atoms with van der Waals surface area (Å²) in [7, 11) is 1.56. The zero-order chi connectivity index (χ0) is 12.4. The van der Waals surface area contributed by atoms with Gasteiger partial charge in [0.1, 0.15) is 0 Å². The molecule has 0 radical (unpaired) electrons. The zero-order valence-electron chi connectivity index (χ0n) is 8.88. The lowest BCUT2D eigenvalue weighted by atomic mass is 10.1. The number of hydrogen-bond acceptors (Lipinski definition) is 2. The molecule has 5 heteroatoms. The average Bonchev–Trinajstić information content (AvgIpc) is 2.34. The Morgan fingerprint density at radius 2 is 1.71 bits per heavy atom. The van der Waals surface area contributed by atoms with Crippen LogP contribution >= 0.6 is 34.8 Å². The van der Waals surface area contributed by atoms with Gasteiger partial charge in [-0.25, -0.2) is 4.98 Å². The van der Waals surface area contributed by atoms with Gasteiger partial charge in [0, 0.05) is 11.6 Å². The van der Waals surface area contributed by atoms with Crippen LogP contribution in [0.2, 0.25) is 15.1 Å². The van der Waals surface area contributed by atoms with Gasteiger partial charge >= 0.3 is 0 Å². The Morgan fingerprint density at radius 3 is 2.41 bits per heavy atom. The Bertz CT molecular complexity index is 557. The molecule has 0 aliphatic carbocycles. The van der Waals surface area contributed by atoms with Crippen LogP contribution in [0.5, 0.6) is 5.88 Å². The van der Waals surface area contributed by atoms with Gasteiger partial charge in [0.25, 0.3) is 0 Å². The summed E-state index contributed by atoms with van der Waals surface area (Å²) in [5.41, 5.74) is 1.41. The smallest absolute Gasteiger partial charge is 0.213 e. The first-order chi connectivity index (χ1) is 8.11. The van der Waals surface area contributed by atoms with Crippen molar-refractivity contribution in [2.75, 3.05) is 7.11 Å². The van der Waals surface area contributed by atoms with Crippen LogP contribution in [-0.2, 0) is 0 Å². The molecule has 1 heterocycles. The molecule has 1 aromatic carbocycles. The van der Waals surface area contributed by atoms with Crippen molar-refractivity contribution in [2.24, 2.45) is 0 Å². The van der Waals surface area contributed by atoms with E-state index in [0.717, 1.165) is 5.56 Å². The van der Waals surface area contributed by atoms with Crippen LogP contribution in [0.1, 0.15) is 0 Å². The Hall–Kier alpha value is -0.960. The SMILES string of the molecule is COc1cccc(-c2cc(Cl)c(Cl)cc2Cl)n1. The van der Waals surface area contributed by atoms with Crippen LogP contribution in [0.3, 0.4) is 0 Å². The highest BCUT2D eigenvalue weighted by atomic mass is 35.5. The molecule has 0 bridgehead atoms. The van der Waals surface area contributed by atoms with Crippen molar-refractivity contribution >= 4 is 34.8 Å². The lowest BCUT2D eigenvalue weighted by molar-refractivity contribution is 0.398. The van der Waals surface area contributed by atoms with Gasteiger partial charge in [-0.2, -0.15) is 0 Å². The van der Waals surface area contributed by atoms with E-state index in [1.54, 1.807) is 25.3 Å². The van der Waals surface area contributed by atoms with Crippen molar-refractivity contribution in [3.05, 3.63) is 45.4 Å². The summed E-state index contributed by atoms with van der Waals surface area (Å²) in [4.78, 5) is 4.28. The summed E-state index contributed by atoms with van der Waals surface area (Å²) in [6, 6.07) is 8.71. The molecule has 0 amide bonds. The Labute approximate surface area is 114 Å². The molecular weight excluding hydrogens is 280 g/mol. The molecule has 0 aliphatic rings. The molecular formula is C12H8Cl3NO. The number of halogens is 3. The minimum absolute atomic E-state index is 0.420. The highest BCUT2D eigenvalue weighted by molar-refractivity contribution is 6.44. The average molecular weight is 289 g/mol. The molecule has 0 saturated carbocycles. The van der Waals surface area contributed by atoms with E-state index in [9.17, 15) is 0 Å². The van der Waals surface area contributed by atoms with E-state index in [1.807, 2.05) is 12.1 Å². The fourth-order valence-electron chi connectivity index (χ4n) is 1.40. The maximum Gasteiger partial charge on any atom is 0.213 e.